The third-order valence-electron chi connectivity index (χ3n) is 3.91. The minimum atomic E-state index is 1.27. The van der Waals surface area contributed by atoms with Crippen molar-refractivity contribution < 1.29 is 0 Å². The highest BCUT2D eigenvalue weighted by molar-refractivity contribution is 7.80. The first-order chi connectivity index (χ1) is 6.79. The molecule has 0 heterocycles. The van der Waals surface area contributed by atoms with Gasteiger partial charge in [-0.1, -0.05) is 0 Å². The van der Waals surface area contributed by atoms with Crippen LogP contribution in [-0.4, -0.2) is 0 Å². The fraction of sp³-hybridized carbons (Fsp3) is 0.538. The van der Waals surface area contributed by atoms with Gasteiger partial charge in [0.15, 0.2) is 0 Å². The Balaban J connectivity index is 2.33. The predicted octanol–water partition coefficient (Wildman–Crippen LogP) is 3.26. The highest BCUT2D eigenvalue weighted by Crippen LogP contribution is 2.39. The molecule has 0 amide bonds. The Labute approximate surface area is 91.1 Å². The van der Waals surface area contributed by atoms with Crippen molar-refractivity contribution in [3.05, 3.63) is 27.8 Å². The molecule has 1 heteroatoms. The van der Waals surface area contributed by atoms with Crippen molar-refractivity contribution in [1.82, 2.24) is 0 Å². The third kappa shape index (κ3) is 1.02. The number of hydrogen-bond donors (Lipinski definition) is 1. The summed E-state index contributed by atoms with van der Waals surface area (Å²) in [7, 11) is 0. The average molecular weight is 204 g/mol. The Kier molecular flexibility index (Phi) is 1.91. The second-order valence-electron chi connectivity index (χ2n) is 4.59. The maximum atomic E-state index is 4.74. The first-order valence-electron chi connectivity index (χ1n) is 5.64. The van der Waals surface area contributed by atoms with Crippen LogP contribution in [0.1, 0.15) is 40.7 Å². The van der Waals surface area contributed by atoms with Gasteiger partial charge in [0.2, 0.25) is 0 Å². The van der Waals surface area contributed by atoms with Crippen LogP contribution in [0.4, 0.5) is 0 Å². The van der Waals surface area contributed by atoms with Crippen molar-refractivity contribution in [2.24, 2.45) is 0 Å². The molecule has 74 valence electrons. The van der Waals surface area contributed by atoms with Gasteiger partial charge in [0, 0.05) is 4.90 Å². The van der Waals surface area contributed by atoms with Gasteiger partial charge in [-0.15, -0.1) is 12.6 Å². The molecule has 0 atom stereocenters. The SMILES string of the molecule is Cc1c2c(c(S)c3c1CCC3)CCC2. The van der Waals surface area contributed by atoms with Crippen LogP contribution < -0.4 is 0 Å². The van der Waals surface area contributed by atoms with Crippen molar-refractivity contribution in [2.75, 3.05) is 0 Å². The Morgan fingerprint density at radius 2 is 1.21 bits per heavy atom. The summed E-state index contributed by atoms with van der Waals surface area (Å²) < 4.78 is 0. The Bertz CT molecular complexity index is 332. The fourth-order valence-electron chi connectivity index (χ4n) is 3.20. The molecule has 0 radical (unpaired) electrons. The lowest BCUT2D eigenvalue weighted by molar-refractivity contribution is 0.883. The summed E-state index contributed by atoms with van der Waals surface area (Å²) in [5.74, 6) is 0. The Morgan fingerprint density at radius 1 is 0.786 bits per heavy atom. The Morgan fingerprint density at radius 3 is 1.71 bits per heavy atom. The van der Waals surface area contributed by atoms with E-state index in [4.69, 9.17) is 12.6 Å². The summed E-state index contributed by atoms with van der Waals surface area (Å²) >= 11 is 4.74. The molecule has 1 aromatic rings. The number of rotatable bonds is 0. The van der Waals surface area contributed by atoms with E-state index in [2.05, 4.69) is 6.92 Å². The molecular weight excluding hydrogens is 188 g/mol. The van der Waals surface area contributed by atoms with Gasteiger partial charge in [-0.25, -0.2) is 0 Å². The lowest BCUT2D eigenvalue weighted by Gasteiger charge is -2.14. The van der Waals surface area contributed by atoms with Crippen molar-refractivity contribution in [3.8, 4) is 0 Å². The van der Waals surface area contributed by atoms with Gasteiger partial charge in [-0.05, 0) is 73.3 Å². The average Bonchev–Trinajstić information content (AvgIpc) is 2.82. The normalized spacial score (nSPS) is 18.4. The van der Waals surface area contributed by atoms with E-state index in [1.807, 2.05) is 0 Å². The molecule has 0 saturated heterocycles. The molecule has 0 N–H and O–H groups in total. The maximum Gasteiger partial charge on any atom is 0.0110 e. The number of thiol groups is 1. The first-order valence-corrected chi connectivity index (χ1v) is 6.09. The largest absolute Gasteiger partial charge is 0.143 e. The van der Waals surface area contributed by atoms with Gasteiger partial charge >= 0.3 is 0 Å². The summed E-state index contributed by atoms with van der Waals surface area (Å²) in [6.07, 6.45) is 7.80. The maximum absolute atomic E-state index is 4.74. The van der Waals surface area contributed by atoms with E-state index in [1.165, 1.54) is 43.4 Å². The summed E-state index contributed by atoms with van der Waals surface area (Å²) in [4.78, 5) is 1.34. The fourth-order valence-corrected chi connectivity index (χ4v) is 3.70. The van der Waals surface area contributed by atoms with Gasteiger partial charge in [-0.2, -0.15) is 0 Å². The molecule has 0 nitrogen and oxygen atoms in total. The Hall–Kier alpha value is -0.430. The molecule has 1 aromatic carbocycles. The van der Waals surface area contributed by atoms with Crippen LogP contribution in [0.2, 0.25) is 0 Å². The second kappa shape index (κ2) is 3.03. The topological polar surface area (TPSA) is 0 Å². The van der Waals surface area contributed by atoms with Crippen LogP contribution >= 0.6 is 12.6 Å². The molecule has 2 aliphatic carbocycles. The van der Waals surface area contributed by atoms with E-state index < -0.39 is 0 Å². The molecule has 14 heavy (non-hydrogen) atoms. The van der Waals surface area contributed by atoms with Crippen molar-refractivity contribution in [3.63, 3.8) is 0 Å². The minimum absolute atomic E-state index is 1.27. The summed E-state index contributed by atoms with van der Waals surface area (Å²) in [6.45, 7) is 2.32. The monoisotopic (exact) mass is 204 g/mol. The van der Waals surface area contributed by atoms with Crippen LogP contribution in [-0.2, 0) is 25.7 Å². The molecule has 0 fully saturated rings. The zero-order valence-corrected chi connectivity index (χ0v) is 9.58. The molecule has 0 spiro atoms. The van der Waals surface area contributed by atoms with E-state index in [1.54, 1.807) is 27.8 Å². The predicted molar refractivity (Wildman–Crippen MR) is 62.5 cm³/mol. The van der Waals surface area contributed by atoms with E-state index >= 15 is 0 Å². The van der Waals surface area contributed by atoms with Crippen LogP contribution in [0.3, 0.4) is 0 Å². The van der Waals surface area contributed by atoms with Crippen molar-refractivity contribution >= 4 is 12.6 Å². The van der Waals surface area contributed by atoms with E-state index in [9.17, 15) is 0 Å². The quantitative estimate of drug-likeness (QED) is 0.616. The molecule has 3 rings (SSSR count). The van der Waals surface area contributed by atoms with Gasteiger partial charge in [0.25, 0.3) is 0 Å². The van der Waals surface area contributed by atoms with Gasteiger partial charge in [-0.3, -0.25) is 0 Å². The molecule has 0 saturated carbocycles. The molecule has 0 aromatic heterocycles. The lowest BCUT2D eigenvalue weighted by atomic mass is 9.95. The van der Waals surface area contributed by atoms with Crippen LogP contribution in [0.15, 0.2) is 4.90 Å². The van der Waals surface area contributed by atoms with E-state index in [0.29, 0.717) is 0 Å². The second-order valence-corrected chi connectivity index (χ2v) is 5.04. The highest BCUT2D eigenvalue weighted by Gasteiger charge is 2.24. The summed E-state index contributed by atoms with van der Waals surface area (Å²) in [5, 5.41) is 0. The van der Waals surface area contributed by atoms with Gasteiger partial charge in [0.1, 0.15) is 0 Å². The summed E-state index contributed by atoms with van der Waals surface area (Å²) in [5.41, 5.74) is 8.02. The zero-order chi connectivity index (χ0) is 9.71. The van der Waals surface area contributed by atoms with Crippen molar-refractivity contribution in [1.29, 1.82) is 0 Å². The molecule has 0 aliphatic heterocycles. The standard InChI is InChI=1S/C13H16S/c1-8-9-4-2-6-11(9)13(14)12-7-3-5-10(8)12/h14H,2-7H2,1H3. The molecule has 2 aliphatic rings. The van der Waals surface area contributed by atoms with Crippen molar-refractivity contribution in [2.45, 2.75) is 50.3 Å². The zero-order valence-electron chi connectivity index (χ0n) is 8.69. The van der Waals surface area contributed by atoms with Crippen LogP contribution in [0, 0.1) is 6.92 Å². The minimum Gasteiger partial charge on any atom is -0.143 e. The number of benzene rings is 1. The van der Waals surface area contributed by atoms with Gasteiger partial charge in [0.05, 0.1) is 0 Å². The first kappa shape index (κ1) is 8.84. The van der Waals surface area contributed by atoms with Crippen LogP contribution in [0.25, 0.3) is 0 Å². The third-order valence-corrected chi connectivity index (χ3v) is 4.45. The smallest absolute Gasteiger partial charge is 0.0110 e. The summed E-state index contributed by atoms with van der Waals surface area (Å²) in [6, 6.07) is 0. The van der Waals surface area contributed by atoms with E-state index in [-0.39, 0.29) is 0 Å². The van der Waals surface area contributed by atoms with E-state index in [0.717, 1.165) is 0 Å². The molecular formula is C13H16S. The lowest BCUT2D eigenvalue weighted by Crippen LogP contribution is -1.98. The van der Waals surface area contributed by atoms with Gasteiger partial charge < -0.3 is 0 Å². The molecule has 0 bridgehead atoms. The number of fused-ring (bicyclic) bond motifs is 2. The van der Waals surface area contributed by atoms with Crippen LogP contribution in [0.5, 0.6) is 0 Å². The molecule has 0 unspecified atom stereocenters. The highest BCUT2D eigenvalue weighted by atomic mass is 32.1. The number of hydrogen-bond acceptors (Lipinski definition) is 1.